The van der Waals surface area contributed by atoms with Crippen LogP contribution in [-0.4, -0.2) is 36.5 Å². The summed E-state index contributed by atoms with van der Waals surface area (Å²) in [5.74, 6) is -0.000324. The van der Waals surface area contributed by atoms with Crippen LogP contribution in [0.5, 0.6) is 0 Å². The normalized spacial score (nSPS) is 14.2. The highest BCUT2D eigenvalue weighted by atomic mass is 35.5. The number of hydrogen-bond acceptors (Lipinski definition) is 3. The van der Waals surface area contributed by atoms with Crippen molar-refractivity contribution in [3.63, 3.8) is 0 Å². The lowest BCUT2D eigenvalue weighted by Crippen LogP contribution is -2.37. The number of carbonyl (C=O) groups excluding carboxylic acids is 1. The molecular formula is C22H28ClN3O. The van der Waals surface area contributed by atoms with Gasteiger partial charge in [-0.05, 0) is 68.7 Å². The number of carbonyl (C=O) groups is 1. The molecular weight excluding hydrogens is 358 g/mol. The van der Waals surface area contributed by atoms with Gasteiger partial charge < -0.3 is 10.2 Å². The maximum atomic E-state index is 12.5. The molecule has 2 aromatic carbocycles. The van der Waals surface area contributed by atoms with Crippen molar-refractivity contribution >= 4 is 28.9 Å². The van der Waals surface area contributed by atoms with E-state index in [2.05, 4.69) is 41.1 Å². The largest absolute Gasteiger partial charge is 0.372 e. The Hall–Kier alpha value is -2.04. The average Bonchev–Trinajstić information content (AvgIpc) is 3.16. The van der Waals surface area contributed by atoms with Crippen LogP contribution in [0.2, 0.25) is 5.02 Å². The zero-order valence-electron chi connectivity index (χ0n) is 16.1. The SMILES string of the molecule is CC(C)N(CC(=O)Nc1ccc(N2CCCC2)cc1)Cc1cccc(Cl)c1. The molecule has 5 heteroatoms. The second-order valence-electron chi connectivity index (χ2n) is 7.42. The minimum atomic E-state index is -0.000324. The minimum absolute atomic E-state index is 0.000324. The molecule has 1 amide bonds. The first-order valence-corrected chi connectivity index (χ1v) is 10.0. The molecule has 0 radical (unpaired) electrons. The van der Waals surface area contributed by atoms with Crippen LogP contribution in [0, 0.1) is 0 Å². The van der Waals surface area contributed by atoms with Crippen LogP contribution < -0.4 is 10.2 Å². The molecule has 0 unspecified atom stereocenters. The van der Waals surface area contributed by atoms with Crippen molar-refractivity contribution in [2.45, 2.75) is 39.3 Å². The highest BCUT2D eigenvalue weighted by Gasteiger charge is 2.16. The molecule has 4 nitrogen and oxygen atoms in total. The average molecular weight is 386 g/mol. The van der Waals surface area contributed by atoms with Crippen molar-refractivity contribution < 1.29 is 4.79 Å². The number of nitrogens with one attached hydrogen (secondary N) is 1. The Balaban J connectivity index is 1.57. The van der Waals surface area contributed by atoms with Crippen LogP contribution in [0.1, 0.15) is 32.3 Å². The fraction of sp³-hybridized carbons (Fsp3) is 0.409. The van der Waals surface area contributed by atoms with Gasteiger partial charge in [-0.15, -0.1) is 0 Å². The molecule has 1 aliphatic heterocycles. The number of nitrogens with zero attached hydrogens (tertiary/aromatic N) is 2. The van der Waals surface area contributed by atoms with Crippen LogP contribution in [0.25, 0.3) is 0 Å². The standard InChI is InChI=1S/C22H28ClN3O/c1-17(2)26(15-18-6-5-7-19(23)14-18)16-22(27)24-20-8-10-21(11-9-20)25-12-3-4-13-25/h5-11,14,17H,3-4,12-13,15-16H2,1-2H3,(H,24,27). The van der Waals surface area contributed by atoms with Gasteiger partial charge in [0, 0.05) is 42.1 Å². The first-order valence-electron chi connectivity index (χ1n) is 9.64. The van der Waals surface area contributed by atoms with Gasteiger partial charge in [0.15, 0.2) is 0 Å². The molecule has 0 spiro atoms. The van der Waals surface area contributed by atoms with Crippen molar-refractivity contribution in [3.8, 4) is 0 Å². The van der Waals surface area contributed by atoms with Gasteiger partial charge in [-0.3, -0.25) is 9.69 Å². The summed E-state index contributed by atoms with van der Waals surface area (Å²) in [5, 5.41) is 3.74. The second kappa shape index (κ2) is 9.25. The molecule has 0 aromatic heterocycles. The number of anilines is 2. The molecule has 144 valence electrons. The van der Waals surface area contributed by atoms with E-state index in [1.807, 2.05) is 36.4 Å². The summed E-state index contributed by atoms with van der Waals surface area (Å²) < 4.78 is 0. The first kappa shape index (κ1) is 19.7. The molecule has 2 aromatic rings. The van der Waals surface area contributed by atoms with E-state index in [1.54, 1.807) is 0 Å². The summed E-state index contributed by atoms with van der Waals surface area (Å²) in [4.78, 5) is 17.1. The third-order valence-corrected chi connectivity index (χ3v) is 5.21. The molecule has 0 saturated carbocycles. The molecule has 0 atom stereocenters. The zero-order valence-corrected chi connectivity index (χ0v) is 16.9. The van der Waals surface area contributed by atoms with E-state index in [1.165, 1.54) is 18.5 Å². The highest BCUT2D eigenvalue weighted by Crippen LogP contribution is 2.22. The summed E-state index contributed by atoms with van der Waals surface area (Å²) in [6.45, 7) is 7.49. The Morgan fingerprint density at radius 2 is 1.85 bits per heavy atom. The highest BCUT2D eigenvalue weighted by molar-refractivity contribution is 6.30. The fourth-order valence-electron chi connectivity index (χ4n) is 3.41. The van der Waals surface area contributed by atoms with Crippen molar-refractivity contribution in [1.82, 2.24) is 4.90 Å². The summed E-state index contributed by atoms with van der Waals surface area (Å²) in [6, 6.07) is 16.2. The van der Waals surface area contributed by atoms with Crippen LogP contribution in [0.4, 0.5) is 11.4 Å². The molecule has 0 aliphatic carbocycles. The van der Waals surface area contributed by atoms with E-state index in [-0.39, 0.29) is 11.9 Å². The van der Waals surface area contributed by atoms with Crippen molar-refractivity contribution in [3.05, 3.63) is 59.1 Å². The lowest BCUT2D eigenvalue weighted by molar-refractivity contribution is -0.117. The third-order valence-electron chi connectivity index (χ3n) is 4.97. The monoisotopic (exact) mass is 385 g/mol. The van der Waals surface area contributed by atoms with Gasteiger partial charge in [-0.1, -0.05) is 23.7 Å². The van der Waals surface area contributed by atoms with E-state index in [0.717, 1.165) is 29.4 Å². The third kappa shape index (κ3) is 5.72. The summed E-state index contributed by atoms with van der Waals surface area (Å²) in [5.41, 5.74) is 3.18. The Morgan fingerprint density at radius 3 is 2.48 bits per heavy atom. The molecule has 1 saturated heterocycles. The number of rotatable bonds is 7. The number of halogens is 1. The molecule has 1 heterocycles. The summed E-state index contributed by atoms with van der Waals surface area (Å²) in [6.07, 6.45) is 2.52. The molecule has 1 N–H and O–H groups in total. The van der Waals surface area contributed by atoms with E-state index in [0.29, 0.717) is 13.1 Å². The smallest absolute Gasteiger partial charge is 0.238 e. The lowest BCUT2D eigenvalue weighted by atomic mass is 10.2. The predicted octanol–water partition coefficient (Wildman–Crippen LogP) is 4.79. The molecule has 3 rings (SSSR count). The lowest BCUT2D eigenvalue weighted by Gasteiger charge is -2.26. The van der Waals surface area contributed by atoms with E-state index in [9.17, 15) is 4.79 Å². The van der Waals surface area contributed by atoms with Gasteiger partial charge in [0.1, 0.15) is 0 Å². The molecule has 1 aliphatic rings. The minimum Gasteiger partial charge on any atom is -0.372 e. The number of amides is 1. The Kier molecular flexibility index (Phi) is 6.75. The number of hydrogen-bond donors (Lipinski definition) is 1. The predicted molar refractivity (Wildman–Crippen MR) is 114 cm³/mol. The van der Waals surface area contributed by atoms with E-state index >= 15 is 0 Å². The second-order valence-corrected chi connectivity index (χ2v) is 7.85. The molecule has 27 heavy (non-hydrogen) atoms. The quantitative estimate of drug-likeness (QED) is 0.744. The zero-order chi connectivity index (χ0) is 19.2. The van der Waals surface area contributed by atoms with E-state index in [4.69, 9.17) is 11.6 Å². The Morgan fingerprint density at radius 1 is 1.15 bits per heavy atom. The van der Waals surface area contributed by atoms with Gasteiger partial charge >= 0.3 is 0 Å². The summed E-state index contributed by atoms with van der Waals surface area (Å²) in [7, 11) is 0. The van der Waals surface area contributed by atoms with Gasteiger partial charge in [-0.25, -0.2) is 0 Å². The van der Waals surface area contributed by atoms with Crippen LogP contribution >= 0.6 is 11.6 Å². The van der Waals surface area contributed by atoms with Crippen LogP contribution in [0.15, 0.2) is 48.5 Å². The van der Waals surface area contributed by atoms with Crippen molar-refractivity contribution in [1.29, 1.82) is 0 Å². The molecule has 0 bridgehead atoms. The van der Waals surface area contributed by atoms with Gasteiger partial charge in [0.05, 0.1) is 6.54 Å². The van der Waals surface area contributed by atoms with Gasteiger partial charge in [-0.2, -0.15) is 0 Å². The first-order chi connectivity index (χ1) is 13.0. The van der Waals surface area contributed by atoms with E-state index < -0.39 is 0 Å². The fourth-order valence-corrected chi connectivity index (χ4v) is 3.62. The van der Waals surface area contributed by atoms with Crippen LogP contribution in [0.3, 0.4) is 0 Å². The maximum Gasteiger partial charge on any atom is 0.238 e. The number of benzene rings is 2. The summed E-state index contributed by atoms with van der Waals surface area (Å²) >= 11 is 6.08. The topological polar surface area (TPSA) is 35.6 Å². The van der Waals surface area contributed by atoms with Crippen LogP contribution in [-0.2, 0) is 11.3 Å². The van der Waals surface area contributed by atoms with Crippen molar-refractivity contribution in [2.75, 3.05) is 29.9 Å². The maximum absolute atomic E-state index is 12.5. The molecule has 1 fully saturated rings. The van der Waals surface area contributed by atoms with Gasteiger partial charge in [0.25, 0.3) is 0 Å². The Bertz CT molecular complexity index is 754. The van der Waals surface area contributed by atoms with Gasteiger partial charge in [0.2, 0.25) is 5.91 Å². The van der Waals surface area contributed by atoms with Crippen molar-refractivity contribution in [2.24, 2.45) is 0 Å². The Labute approximate surface area is 167 Å².